The molecule has 0 saturated heterocycles. The molecule has 0 fully saturated rings. The number of nitrogens with one attached hydrogen (secondary N) is 1. The smallest absolute Gasteiger partial charge is 0.257 e. The van der Waals surface area contributed by atoms with E-state index < -0.39 is 0 Å². The first-order valence-electron chi connectivity index (χ1n) is 8.65. The molecule has 2 rings (SSSR count). The van der Waals surface area contributed by atoms with E-state index in [-0.39, 0.29) is 12.5 Å². The fourth-order valence-corrected chi connectivity index (χ4v) is 3.15. The van der Waals surface area contributed by atoms with Crippen molar-refractivity contribution < 1.29 is 14.3 Å². The van der Waals surface area contributed by atoms with Crippen molar-refractivity contribution in [1.29, 1.82) is 0 Å². The number of benzene rings is 2. The molecule has 0 spiro atoms. The molecule has 1 N–H and O–H groups in total. The van der Waals surface area contributed by atoms with Crippen molar-refractivity contribution in [1.82, 2.24) is 5.32 Å². The molecule has 0 saturated carbocycles. The monoisotopic (exact) mass is 439 g/mol. The maximum Gasteiger partial charge on any atom is 0.257 e. The molecule has 1 amide bonds. The third-order valence-corrected chi connectivity index (χ3v) is 4.49. The Labute approximate surface area is 168 Å². The van der Waals surface area contributed by atoms with Crippen molar-refractivity contribution in [3.8, 4) is 11.5 Å². The minimum atomic E-state index is -0.151. The highest BCUT2D eigenvalue weighted by molar-refractivity contribution is 9.10. The molecular weight excluding hydrogens is 418 g/mol. The van der Waals surface area contributed by atoms with Gasteiger partial charge in [0.05, 0.1) is 11.1 Å². The van der Waals surface area contributed by atoms with Crippen LogP contribution in [0.5, 0.6) is 11.5 Å². The van der Waals surface area contributed by atoms with Crippen LogP contribution in [0.15, 0.2) is 46.9 Å². The van der Waals surface area contributed by atoms with Crippen LogP contribution in [-0.4, -0.2) is 25.7 Å². The van der Waals surface area contributed by atoms with Crippen molar-refractivity contribution in [2.75, 3.05) is 19.8 Å². The SMILES string of the molecule is CCCOc1ccccc1CCCNC(=O)COc1ccc(Cl)cc1Br. The molecule has 4 nitrogen and oxygen atoms in total. The van der Waals surface area contributed by atoms with Crippen LogP contribution in [0.25, 0.3) is 0 Å². The topological polar surface area (TPSA) is 47.6 Å². The number of para-hydroxylation sites is 1. The molecule has 0 atom stereocenters. The number of aryl methyl sites for hydroxylation is 1. The third kappa shape index (κ3) is 6.89. The van der Waals surface area contributed by atoms with E-state index in [1.165, 1.54) is 0 Å². The number of rotatable bonds is 10. The Morgan fingerprint density at radius 3 is 2.73 bits per heavy atom. The fourth-order valence-electron chi connectivity index (χ4n) is 2.36. The summed E-state index contributed by atoms with van der Waals surface area (Å²) in [6, 6.07) is 13.2. The van der Waals surface area contributed by atoms with Crippen LogP contribution in [0.2, 0.25) is 5.02 Å². The summed E-state index contributed by atoms with van der Waals surface area (Å²) in [7, 11) is 0. The van der Waals surface area contributed by atoms with Crippen LogP contribution in [0.1, 0.15) is 25.3 Å². The van der Waals surface area contributed by atoms with E-state index in [0.29, 0.717) is 23.9 Å². The highest BCUT2D eigenvalue weighted by Gasteiger charge is 2.07. The van der Waals surface area contributed by atoms with Crippen LogP contribution < -0.4 is 14.8 Å². The van der Waals surface area contributed by atoms with Gasteiger partial charge in [-0.3, -0.25) is 4.79 Å². The van der Waals surface area contributed by atoms with Gasteiger partial charge in [-0.25, -0.2) is 0 Å². The first kappa shape index (κ1) is 20.6. The van der Waals surface area contributed by atoms with E-state index in [1.54, 1.807) is 18.2 Å². The predicted molar refractivity (Wildman–Crippen MR) is 108 cm³/mol. The van der Waals surface area contributed by atoms with Crippen molar-refractivity contribution in [2.45, 2.75) is 26.2 Å². The number of ether oxygens (including phenoxy) is 2. The lowest BCUT2D eigenvalue weighted by molar-refractivity contribution is -0.123. The second-order valence-corrected chi connectivity index (χ2v) is 7.06. The summed E-state index contributed by atoms with van der Waals surface area (Å²) in [6.07, 6.45) is 2.67. The van der Waals surface area contributed by atoms with Crippen molar-refractivity contribution in [3.63, 3.8) is 0 Å². The average molecular weight is 441 g/mol. The molecule has 0 aromatic heterocycles. The Morgan fingerprint density at radius 1 is 1.15 bits per heavy atom. The standard InChI is InChI=1S/C20H23BrClNO3/c1-2-12-25-18-8-4-3-6-15(18)7-5-11-23-20(24)14-26-19-10-9-16(22)13-17(19)21/h3-4,6,8-10,13H,2,5,7,11-12,14H2,1H3,(H,23,24). The Kier molecular flexibility index (Phi) is 8.78. The van der Waals surface area contributed by atoms with E-state index in [9.17, 15) is 4.79 Å². The molecule has 0 unspecified atom stereocenters. The van der Waals surface area contributed by atoms with Crippen molar-refractivity contribution >= 4 is 33.4 Å². The summed E-state index contributed by atoms with van der Waals surface area (Å²) in [5, 5.41) is 3.48. The number of amides is 1. The summed E-state index contributed by atoms with van der Waals surface area (Å²) < 4.78 is 12.0. The zero-order valence-corrected chi connectivity index (χ0v) is 17.1. The zero-order chi connectivity index (χ0) is 18.8. The van der Waals surface area contributed by atoms with Gasteiger partial charge < -0.3 is 14.8 Å². The molecule has 2 aromatic carbocycles. The maximum atomic E-state index is 11.9. The Morgan fingerprint density at radius 2 is 1.96 bits per heavy atom. The molecule has 140 valence electrons. The van der Waals surface area contributed by atoms with E-state index in [2.05, 4.69) is 34.2 Å². The number of hydrogen-bond acceptors (Lipinski definition) is 3. The first-order valence-corrected chi connectivity index (χ1v) is 9.82. The minimum absolute atomic E-state index is 0.0313. The Balaban J connectivity index is 1.70. The average Bonchev–Trinajstić information content (AvgIpc) is 2.63. The minimum Gasteiger partial charge on any atom is -0.493 e. The van der Waals surface area contributed by atoms with Gasteiger partial charge in [0.25, 0.3) is 5.91 Å². The van der Waals surface area contributed by atoms with Gasteiger partial charge in [-0.2, -0.15) is 0 Å². The van der Waals surface area contributed by atoms with Gasteiger partial charge in [-0.05, 0) is 65.0 Å². The molecule has 26 heavy (non-hydrogen) atoms. The summed E-state index contributed by atoms with van der Waals surface area (Å²) in [5.74, 6) is 1.37. The predicted octanol–water partition coefficient (Wildman–Crippen LogP) is 5.02. The lowest BCUT2D eigenvalue weighted by atomic mass is 10.1. The fraction of sp³-hybridized carbons (Fsp3) is 0.350. The second kappa shape index (κ2) is 11.1. The van der Waals surface area contributed by atoms with Crippen LogP contribution in [0.4, 0.5) is 0 Å². The van der Waals surface area contributed by atoms with Crippen LogP contribution in [0.3, 0.4) is 0 Å². The number of halogens is 2. The molecule has 0 aliphatic heterocycles. The summed E-state index contributed by atoms with van der Waals surface area (Å²) in [6.45, 7) is 3.36. The molecule has 6 heteroatoms. The van der Waals surface area contributed by atoms with Gasteiger partial charge in [0.15, 0.2) is 6.61 Å². The van der Waals surface area contributed by atoms with Gasteiger partial charge in [-0.1, -0.05) is 36.7 Å². The van der Waals surface area contributed by atoms with Crippen LogP contribution in [0, 0.1) is 0 Å². The third-order valence-electron chi connectivity index (χ3n) is 3.63. The van der Waals surface area contributed by atoms with Gasteiger partial charge in [0.2, 0.25) is 0 Å². The Hall–Kier alpha value is -1.72. The lowest BCUT2D eigenvalue weighted by Crippen LogP contribution is -2.30. The number of carbonyl (C=O) groups excluding carboxylic acids is 1. The molecule has 0 bridgehead atoms. The second-order valence-electron chi connectivity index (χ2n) is 5.77. The molecule has 0 radical (unpaired) electrons. The van der Waals surface area contributed by atoms with E-state index in [4.69, 9.17) is 21.1 Å². The van der Waals surface area contributed by atoms with Gasteiger partial charge in [-0.15, -0.1) is 0 Å². The van der Waals surface area contributed by atoms with E-state index >= 15 is 0 Å². The quantitative estimate of drug-likeness (QED) is 0.528. The molecule has 0 aliphatic rings. The summed E-state index contributed by atoms with van der Waals surface area (Å²) >= 11 is 9.24. The summed E-state index contributed by atoms with van der Waals surface area (Å²) in [4.78, 5) is 11.9. The largest absolute Gasteiger partial charge is 0.493 e. The number of carbonyl (C=O) groups is 1. The van der Waals surface area contributed by atoms with Gasteiger partial charge >= 0.3 is 0 Å². The summed E-state index contributed by atoms with van der Waals surface area (Å²) in [5.41, 5.74) is 1.16. The van der Waals surface area contributed by atoms with E-state index in [1.807, 2.05) is 18.2 Å². The molecular formula is C20H23BrClNO3. The normalized spacial score (nSPS) is 10.4. The number of hydrogen-bond donors (Lipinski definition) is 1. The van der Waals surface area contributed by atoms with Crippen molar-refractivity contribution in [2.24, 2.45) is 0 Å². The van der Waals surface area contributed by atoms with Crippen LogP contribution in [-0.2, 0) is 11.2 Å². The lowest BCUT2D eigenvalue weighted by Gasteiger charge is -2.11. The van der Waals surface area contributed by atoms with Gasteiger partial charge in [0.1, 0.15) is 11.5 Å². The van der Waals surface area contributed by atoms with Gasteiger partial charge in [0, 0.05) is 11.6 Å². The molecule has 0 heterocycles. The highest BCUT2D eigenvalue weighted by atomic mass is 79.9. The Bertz CT molecular complexity index is 724. The van der Waals surface area contributed by atoms with Crippen LogP contribution >= 0.6 is 27.5 Å². The zero-order valence-electron chi connectivity index (χ0n) is 14.8. The molecule has 0 aliphatic carbocycles. The van der Waals surface area contributed by atoms with E-state index in [0.717, 1.165) is 35.0 Å². The highest BCUT2D eigenvalue weighted by Crippen LogP contribution is 2.27. The maximum absolute atomic E-state index is 11.9. The first-order chi connectivity index (χ1) is 12.6. The van der Waals surface area contributed by atoms with Crippen molar-refractivity contribution in [3.05, 3.63) is 57.5 Å². The molecule has 2 aromatic rings.